The average molecular weight is 342 g/mol. The number of carbonyl (C=O) groups is 3. The van der Waals surface area contributed by atoms with Crippen LogP contribution in [-0.4, -0.2) is 36.2 Å². The Morgan fingerprint density at radius 2 is 1.52 bits per heavy atom. The number of hydrogen-bond acceptors (Lipinski definition) is 5. The van der Waals surface area contributed by atoms with Crippen LogP contribution in [0.1, 0.15) is 34.1 Å². The van der Waals surface area contributed by atoms with Gasteiger partial charge in [0.2, 0.25) is 0 Å². The molecular weight excluding hydrogens is 324 g/mol. The number of carboxylic acid groups (broad SMARTS) is 1. The van der Waals surface area contributed by atoms with E-state index in [9.17, 15) is 14.4 Å². The summed E-state index contributed by atoms with van der Waals surface area (Å²) in [5, 5.41) is 10.5. The van der Waals surface area contributed by atoms with Gasteiger partial charge < -0.3 is 14.6 Å². The van der Waals surface area contributed by atoms with E-state index in [1.807, 2.05) is 0 Å². The molecule has 0 unspecified atom stereocenters. The first-order valence-electron chi connectivity index (χ1n) is 7.65. The Bertz CT molecular complexity index is 837. The molecule has 0 aliphatic heterocycles. The van der Waals surface area contributed by atoms with Gasteiger partial charge in [0.15, 0.2) is 0 Å². The third kappa shape index (κ3) is 4.91. The SMILES string of the molecule is C=C(C)C(=O)OCCCOC(=O)c1ccc2cc(C(=O)O)ccc2c1. The molecule has 0 heterocycles. The molecule has 0 amide bonds. The molecule has 6 heteroatoms. The fourth-order valence-corrected chi connectivity index (χ4v) is 2.10. The first-order valence-corrected chi connectivity index (χ1v) is 7.65. The Morgan fingerprint density at radius 1 is 0.960 bits per heavy atom. The van der Waals surface area contributed by atoms with Crippen LogP contribution in [0.4, 0.5) is 0 Å². The van der Waals surface area contributed by atoms with E-state index in [4.69, 9.17) is 14.6 Å². The van der Waals surface area contributed by atoms with Crippen LogP contribution in [0.25, 0.3) is 10.8 Å². The molecule has 0 fully saturated rings. The standard InChI is InChI=1S/C19H18O6/c1-12(2)18(22)24-8-3-9-25-19(23)16-7-5-13-10-15(17(20)21)6-4-14(13)11-16/h4-7,10-11H,1,3,8-9H2,2H3,(H,20,21). The molecule has 6 nitrogen and oxygen atoms in total. The molecule has 0 saturated carbocycles. The zero-order valence-electron chi connectivity index (χ0n) is 13.8. The van der Waals surface area contributed by atoms with Crippen molar-refractivity contribution < 1.29 is 29.0 Å². The highest BCUT2D eigenvalue weighted by atomic mass is 16.5. The van der Waals surface area contributed by atoms with Crippen molar-refractivity contribution in [3.05, 3.63) is 59.7 Å². The summed E-state index contributed by atoms with van der Waals surface area (Å²) in [5.41, 5.74) is 0.876. The number of fused-ring (bicyclic) bond motifs is 1. The number of ether oxygens (including phenoxy) is 2. The van der Waals surface area contributed by atoms with Crippen molar-refractivity contribution in [2.75, 3.05) is 13.2 Å². The lowest BCUT2D eigenvalue weighted by molar-refractivity contribution is -0.139. The number of esters is 2. The van der Waals surface area contributed by atoms with Gasteiger partial charge in [0.1, 0.15) is 0 Å². The molecule has 0 aliphatic carbocycles. The topological polar surface area (TPSA) is 89.9 Å². The van der Waals surface area contributed by atoms with Gasteiger partial charge in [-0.2, -0.15) is 0 Å². The molecule has 2 aromatic rings. The van der Waals surface area contributed by atoms with Crippen molar-refractivity contribution in [2.45, 2.75) is 13.3 Å². The fraction of sp³-hybridized carbons (Fsp3) is 0.211. The lowest BCUT2D eigenvalue weighted by Gasteiger charge is -2.07. The smallest absolute Gasteiger partial charge is 0.338 e. The molecule has 25 heavy (non-hydrogen) atoms. The average Bonchev–Trinajstić information content (AvgIpc) is 2.59. The monoisotopic (exact) mass is 342 g/mol. The maximum Gasteiger partial charge on any atom is 0.338 e. The Labute approximate surface area is 144 Å². The summed E-state index contributed by atoms with van der Waals surface area (Å²) in [4.78, 5) is 34.2. The zero-order chi connectivity index (χ0) is 18.4. The number of aromatic carboxylic acids is 1. The van der Waals surface area contributed by atoms with E-state index in [1.165, 1.54) is 6.07 Å². The van der Waals surface area contributed by atoms with Crippen molar-refractivity contribution in [3.8, 4) is 0 Å². The minimum absolute atomic E-state index is 0.123. The summed E-state index contributed by atoms with van der Waals surface area (Å²) in [6.07, 6.45) is 0.389. The Balaban J connectivity index is 1.91. The Hall–Kier alpha value is -3.15. The second-order valence-corrected chi connectivity index (χ2v) is 5.49. The van der Waals surface area contributed by atoms with Gasteiger partial charge in [-0.3, -0.25) is 0 Å². The zero-order valence-corrected chi connectivity index (χ0v) is 13.8. The second kappa shape index (κ2) is 8.10. The highest BCUT2D eigenvalue weighted by Gasteiger charge is 2.10. The van der Waals surface area contributed by atoms with Gasteiger partial charge in [-0.25, -0.2) is 14.4 Å². The lowest BCUT2D eigenvalue weighted by Crippen LogP contribution is -2.11. The van der Waals surface area contributed by atoms with Crippen LogP contribution in [0, 0.1) is 0 Å². The highest BCUT2D eigenvalue weighted by Crippen LogP contribution is 2.18. The van der Waals surface area contributed by atoms with Gasteiger partial charge in [0.05, 0.1) is 24.3 Å². The molecule has 0 aliphatic rings. The van der Waals surface area contributed by atoms with Crippen LogP contribution in [0.2, 0.25) is 0 Å². The van der Waals surface area contributed by atoms with E-state index in [0.29, 0.717) is 17.6 Å². The normalized spacial score (nSPS) is 10.3. The summed E-state index contributed by atoms with van der Waals surface area (Å²) in [7, 11) is 0. The van der Waals surface area contributed by atoms with E-state index >= 15 is 0 Å². The maximum absolute atomic E-state index is 12.0. The Morgan fingerprint density at radius 3 is 2.12 bits per heavy atom. The first-order chi connectivity index (χ1) is 11.9. The van der Waals surface area contributed by atoms with Crippen molar-refractivity contribution in [2.24, 2.45) is 0 Å². The van der Waals surface area contributed by atoms with Gasteiger partial charge in [-0.1, -0.05) is 18.7 Å². The molecule has 0 saturated heterocycles. The van der Waals surface area contributed by atoms with E-state index in [-0.39, 0.29) is 18.8 Å². The third-order valence-electron chi connectivity index (χ3n) is 3.43. The van der Waals surface area contributed by atoms with Crippen molar-refractivity contribution in [1.82, 2.24) is 0 Å². The minimum Gasteiger partial charge on any atom is -0.478 e. The number of rotatable bonds is 7. The summed E-state index contributed by atoms with van der Waals surface area (Å²) in [5.74, 6) is -1.96. The van der Waals surface area contributed by atoms with Crippen LogP contribution in [0.15, 0.2) is 48.6 Å². The van der Waals surface area contributed by atoms with Gasteiger partial charge in [-0.15, -0.1) is 0 Å². The molecule has 2 aromatic carbocycles. The Kier molecular flexibility index (Phi) is 5.89. The summed E-state index contributed by atoms with van der Waals surface area (Å²) in [6.45, 7) is 5.30. The lowest BCUT2D eigenvalue weighted by atomic mass is 10.0. The minimum atomic E-state index is -1.00. The summed E-state index contributed by atoms with van der Waals surface area (Å²) < 4.78 is 10.0. The van der Waals surface area contributed by atoms with Gasteiger partial charge >= 0.3 is 17.9 Å². The maximum atomic E-state index is 12.0. The van der Waals surface area contributed by atoms with Crippen LogP contribution < -0.4 is 0 Å². The van der Waals surface area contributed by atoms with Gasteiger partial charge in [-0.05, 0) is 42.0 Å². The molecule has 1 N–H and O–H groups in total. The largest absolute Gasteiger partial charge is 0.478 e. The van der Waals surface area contributed by atoms with Crippen molar-refractivity contribution in [3.63, 3.8) is 0 Å². The summed E-state index contributed by atoms with van der Waals surface area (Å²) >= 11 is 0. The molecule has 130 valence electrons. The van der Waals surface area contributed by atoms with Crippen LogP contribution in [-0.2, 0) is 14.3 Å². The number of benzene rings is 2. The highest BCUT2D eigenvalue weighted by molar-refractivity contribution is 5.98. The molecule has 0 spiro atoms. The van der Waals surface area contributed by atoms with Gasteiger partial charge in [0.25, 0.3) is 0 Å². The quantitative estimate of drug-likeness (QED) is 0.472. The van der Waals surface area contributed by atoms with Crippen molar-refractivity contribution in [1.29, 1.82) is 0 Å². The third-order valence-corrected chi connectivity index (χ3v) is 3.43. The van der Waals surface area contributed by atoms with Crippen molar-refractivity contribution >= 4 is 28.7 Å². The van der Waals surface area contributed by atoms with E-state index < -0.39 is 17.9 Å². The van der Waals surface area contributed by atoms with Crippen LogP contribution in [0.3, 0.4) is 0 Å². The van der Waals surface area contributed by atoms with E-state index in [2.05, 4.69) is 6.58 Å². The molecule has 0 bridgehead atoms. The number of carbonyl (C=O) groups excluding carboxylic acids is 2. The number of carboxylic acids is 1. The van der Waals surface area contributed by atoms with E-state index in [1.54, 1.807) is 37.3 Å². The molecular formula is C19H18O6. The predicted octanol–water partition coefficient (Wildman–Crippen LogP) is 3.20. The second-order valence-electron chi connectivity index (χ2n) is 5.49. The van der Waals surface area contributed by atoms with Crippen LogP contribution in [0.5, 0.6) is 0 Å². The first kappa shape index (κ1) is 18.2. The molecule has 0 aromatic heterocycles. The predicted molar refractivity (Wildman–Crippen MR) is 91.6 cm³/mol. The van der Waals surface area contributed by atoms with Gasteiger partial charge in [0, 0.05) is 12.0 Å². The molecule has 0 atom stereocenters. The van der Waals surface area contributed by atoms with E-state index in [0.717, 1.165) is 10.8 Å². The van der Waals surface area contributed by atoms with Crippen LogP contribution >= 0.6 is 0 Å². The summed E-state index contributed by atoms with van der Waals surface area (Å²) in [6, 6.07) is 9.57. The molecule has 0 radical (unpaired) electrons. The fourth-order valence-electron chi connectivity index (χ4n) is 2.10. The molecule has 2 rings (SSSR count). The number of hydrogen-bond donors (Lipinski definition) is 1.